The molecule has 1 saturated carbocycles. The third kappa shape index (κ3) is 3.40. The number of allylic oxidation sites excluding steroid dienone is 2. The Morgan fingerprint density at radius 3 is 1.52 bits per heavy atom. The van der Waals surface area contributed by atoms with Gasteiger partial charge in [-0.3, -0.25) is 0 Å². The summed E-state index contributed by atoms with van der Waals surface area (Å²) >= 11 is 1.23. The van der Waals surface area contributed by atoms with Crippen molar-refractivity contribution in [3.8, 4) is 0 Å². The molecule has 1 aliphatic carbocycles. The molecule has 10 heteroatoms. The minimum atomic E-state index is -6.51. The topological polar surface area (TPSA) is 0 Å². The lowest BCUT2D eigenvalue weighted by Gasteiger charge is -2.28. The summed E-state index contributed by atoms with van der Waals surface area (Å²) in [5, 5.41) is 0. The monoisotopic (exact) mass is 496 g/mol. The summed E-state index contributed by atoms with van der Waals surface area (Å²) in [5.41, 5.74) is -5.47. The van der Waals surface area contributed by atoms with Gasteiger partial charge in [0.15, 0.2) is 0 Å². The van der Waals surface area contributed by atoms with Crippen LogP contribution in [-0.2, 0) is 0 Å². The molecule has 0 nitrogen and oxygen atoms in total. The van der Waals surface area contributed by atoms with Gasteiger partial charge in [0.25, 0.3) is 5.67 Å². The standard InChI is InChI=1S/C15H18F9I/c1-2-3-4-5-6-7-8-10(25)9-11(16)12(17,18)14(21,22)15(23,24)13(11,19)20/h9H,2-8H2,1H3. The highest BCUT2D eigenvalue weighted by molar-refractivity contribution is 14.1. The predicted molar refractivity (Wildman–Crippen MR) is 83.7 cm³/mol. The Labute approximate surface area is 153 Å². The Hall–Kier alpha value is -0.160. The van der Waals surface area contributed by atoms with Crippen LogP contribution in [0.5, 0.6) is 0 Å². The SMILES string of the molecule is CCCCCCCCC(I)=CC1(F)C(F)(F)C(F)(F)C(F)(F)C1(F)F. The van der Waals surface area contributed by atoms with Crippen molar-refractivity contribution in [2.24, 2.45) is 0 Å². The minimum absolute atomic E-state index is 0.137. The Kier molecular flexibility index (Phi) is 6.82. The first-order valence-electron chi connectivity index (χ1n) is 7.78. The first-order chi connectivity index (χ1) is 11.2. The Morgan fingerprint density at radius 2 is 1.08 bits per heavy atom. The zero-order chi connectivity index (χ0) is 19.7. The summed E-state index contributed by atoms with van der Waals surface area (Å²) in [7, 11) is 0. The van der Waals surface area contributed by atoms with Crippen molar-refractivity contribution in [1.82, 2.24) is 0 Å². The van der Waals surface area contributed by atoms with Gasteiger partial charge in [-0.25, -0.2) is 4.39 Å². The fraction of sp³-hybridized carbons (Fsp3) is 0.867. The molecule has 148 valence electrons. The van der Waals surface area contributed by atoms with Crippen molar-refractivity contribution in [2.45, 2.75) is 81.2 Å². The number of halogens is 10. The molecule has 0 N–H and O–H groups in total. The van der Waals surface area contributed by atoms with Gasteiger partial charge in [-0.2, -0.15) is 35.1 Å². The molecule has 0 saturated heterocycles. The van der Waals surface area contributed by atoms with Gasteiger partial charge in [-0.1, -0.05) is 39.0 Å². The Bertz CT molecular complexity index is 473. The molecule has 25 heavy (non-hydrogen) atoms. The van der Waals surface area contributed by atoms with Gasteiger partial charge in [0, 0.05) is 0 Å². The quantitative estimate of drug-likeness (QED) is 0.188. The molecule has 1 aliphatic rings. The first-order valence-corrected chi connectivity index (χ1v) is 8.86. The molecular formula is C15H18F9I. The molecule has 0 aromatic carbocycles. The zero-order valence-electron chi connectivity index (χ0n) is 13.3. The van der Waals surface area contributed by atoms with Crippen molar-refractivity contribution in [1.29, 1.82) is 0 Å². The molecule has 0 heterocycles. The molecule has 0 aliphatic heterocycles. The lowest BCUT2D eigenvalue weighted by molar-refractivity contribution is -0.303. The number of hydrogen-bond acceptors (Lipinski definition) is 0. The normalized spacial score (nSPS) is 26.0. The van der Waals surface area contributed by atoms with E-state index in [9.17, 15) is 39.5 Å². The maximum atomic E-state index is 14.2. The van der Waals surface area contributed by atoms with E-state index >= 15 is 0 Å². The van der Waals surface area contributed by atoms with Gasteiger partial charge in [0.05, 0.1) is 0 Å². The highest BCUT2D eigenvalue weighted by Gasteiger charge is 3.00. The van der Waals surface area contributed by atoms with Crippen molar-refractivity contribution in [3.05, 3.63) is 9.66 Å². The van der Waals surface area contributed by atoms with Gasteiger partial charge >= 0.3 is 23.7 Å². The zero-order valence-corrected chi connectivity index (χ0v) is 15.5. The Balaban J connectivity index is 2.97. The van der Waals surface area contributed by atoms with Crippen LogP contribution in [0.1, 0.15) is 51.9 Å². The second-order valence-electron chi connectivity index (χ2n) is 6.12. The summed E-state index contributed by atoms with van der Waals surface area (Å²) in [6.45, 7) is 1.99. The molecule has 0 unspecified atom stereocenters. The maximum absolute atomic E-state index is 14.2. The molecule has 0 spiro atoms. The van der Waals surface area contributed by atoms with Gasteiger partial charge in [-0.05, 0) is 45.1 Å². The van der Waals surface area contributed by atoms with Crippen LogP contribution in [-0.4, -0.2) is 29.4 Å². The Morgan fingerprint density at radius 1 is 0.680 bits per heavy atom. The minimum Gasteiger partial charge on any atom is -0.225 e. The predicted octanol–water partition coefficient (Wildman–Crippen LogP) is 7.32. The molecule has 0 atom stereocenters. The van der Waals surface area contributed by atoms with Crippen molar-refractivity contribution >= 4 is 22.6 Å². The first kappa shape index (κ1) is 22.9. The summed E-state index contributed by atoms with van der Waals surface area (Å²) in [5.74, 6) is -25.5. The summed E-state index contributed by atoms with van der Waals surface area (Å²) in [4.78, 5) is 0. The van der Waals surface area contributed by atoms with Crippen LogP contribution in [0.2, 0.25) is 0 Å². The van der Waals surface area contributed by atoms with E-state index < -0.39 is 39.0 Å². The molecule has 1 rings (SSSR count). The van der Waals surface area contributed by atoms with E-state index in [1.807, 2.05) is 6.92 Å². The summed E-state index contributed by atoms with van der Waals surface area (Å²) in [6, 6.07) is 0. The highest BCUT2D eigenvalue weighted by atomic mass is 127. The van der Waals surface area contributed by atoms with Crippen molar-refractivity contribution in [3.63, 3.8) is 0 Å². The van der Waals surface area contributed by atoms with Crippen LogP contribution in [0.15, 0.2) is 9.66 Å². The van der Waals surface area contributed by atoms with Crippen LogP contribution in [0, 0.1) is 0 Å². The second kappa shape index (κ2) is 7.46. The summed E-state index contributed by atoms with van der Waals surface area (Å²) < 4.78 is 120. The van der Waals surface area contributed by atoms with E-state index in [1.165, 1.54) is 22.6 Å². The summed E-state index contributed by atoms with van der Waals surface area (Å²) in [6.07, 6.45) is 3.95. The number of rotatable bonds is 8. The third-order valence-electron chi connectivity index (χ3n) is 4.22. The average Bonchev–Trinajstić information content (AvgIpc) is 2.53. The van der Waals surface area contributed by atoms with Crippen LogP contribution >= 0.6 is 22.6 Å². The van der Waals surface area contributed by atoms with Gasteiger partial charge in [0.1, 0.15) is 0 Å². The number of alkyl halides is 9. The lowest BCUT2D eigenvalue weighted by Crippen LogP contribution is -2.53. The maximum Gasteiger partial charge on any atom is 0.382 e. The number of unbranched alkanes of at least 4 members (excludes halogenated alkanes) is 5. The van der Waals surface area contributed by atoms with Gasteiger partial charge in [0.2, 0.25) is 0 Å². The second-order valence-corrected chi connectivity index (χ2v) is 7.50. The molecular weight excluding hydrogens is 478 g/mol. The van der Waals surface area contributed by atoms with Gasteiger partial charge < -0.3 is 0 Å². The molecule has 0 aromatic rings. The molecule has 1 fully saturated rings. The van der Waals surface area contributed by atoms with Crippen molar-refractivity contribution in [2.75, 3.05) is 0 Å². The third-order valence-corrected chi connectivity index (χ3v) is 5.07. The van der Waals surface area contributed by atoms with E-state index in [0.29, 0.717) is 12.8 Å². The van der Waals surface area contributed by atoms with E-state index in [-0.39, 0.29) is 6.42 Å². The van der Waals surface area contributed by atoms with Crippen molar-refractivity contribution < 1.29 is 39.5 Å². The van der Waals surface area contributed by atoms with Crippen LogP contribution in [0.4, 0.5) is 39.5 Å². The number of hydrogen-bond donors (Lipinski definition) is 0. The smallest absolute Gasteiger partial charge is 0.225 e. The fourth-order valence-corrected chi connectivity index (χ4v) is 3.40. The highest BCUT2D eigenvalue weighted by Crippen LogP contribution is 2.69. The fourth-order valence-electron chi connectivity index (χ4n) is 2.59. The van der Waals surface area contributed by atoms with E-state index in [1.54, 1.807) is 0 Å². The van der Waals surface area contributed by atoms with Crippen LogP contribution < -0.4 is 0 Å². The average molecular weight is 496 g/mol. The largest absolute Gasteiger partial charge is 0.382 e. The van der Waals surface area contributed by atoms with Crippen LogP contribution in [0.3, 0.4) is 0 Å². The molecule has 0 amide bonds. The molecule has 0 radical (unpaired) electrons. The van der Waals surface area contributed by atoms with Crippen LogP contribution in [0.25, 0.3) is 0 Å². The molecule has 0 aromatic heterocycles. The molecule has 0 bridgehead atoms. The van der Waals surface area contributed by atoms with Gasteiger partial charge in [-0.15, -0.1) is 0 Å². The van der Waals surface area contributed by atoms with E-state index in [0.717, 1.165) is 25.7 Å². The lowest BCUT2D eigenvalue weighted by atomic mass is 9.95. The van der Waals surface area contributed by atoms with E-state index in [4.69, 9.17) is 0 Å². The van der Waals surface area contributed by atoms with E-state index in [2.05, 4.69) is 0 Å².